The Morgan fingerprint density at radius 3 is 2.57 bits per heavy atom. The highest BCUT2D eigenvalue weighted by Gasteiger charge is 2.20. The first-order valence-electron chi connectivity index (χ1n) is 11.2. The van der Waals surface area contributed by atoms with Crippen LogP contribution in [0, 0.1) is 0 Å². The van der Waals surface area contributed by atoms with Gasteiger partial charge in [-0.15, -0.1) is 0 Å². The van der Waals surface area contributed by atoms with Crippen molar-refractivity contribution in [3.05, 3.63) is 53.1 Å². The van der Waals surface area contributed by atoms with Crippen LogP contribution in [0.2, 0.25) is 0 Å². The van der Waals surface area contributed by atoms with Crippen LogP contribution in [0.3, 0.4) is 0 Å². The van der Waals surface area contributed by atoms with Crippen molar-refractivity contribution in [1.29, 1.82) is 0 Å². The number of ether oxygens (including phenoxy) is 1. The van der Waals surface area contributed by atoms with Gasteiger partial charge in [-0.05, 0) is 65.3 Å². The third-order valence-corrected chi connectivity index (χ3v) is 6.98. The van der Waals surface area contributed by atoms with Crippen LogP contribution in [0.5, 0.6) is 5.75 Å². The first-order chi connectivity index (χ1) is 17.0. The molecule has 0 spiro atoms. The molecule has 1 amide bonds. The molecule has 35 heavy (non-hydrogen) atoms. The standard InChI is InChI=1S/C24H28BrN7O2S/c1-16(33)31-10-12-32(13-11-31)17-8-9-21(34-3)20(14-17)29-24-27-15-18(25)23(30-24)28-19-6-4-5-7-22(19)35-26-2/h4-9,14-15,26H,10-13H2,1-3H3,(H2,27,28,29,30). The molecule has 2 heterocycles. The number of anilines is 5. The second-order valence-electron chi connectivity index (χ2n) is 7.82. The lowest BCUT2D eigenvalue weighted by Crippen LogP contribution is -2.48. The molecule has 9 nitrogen and oxygen atoms in total. The SMILES string of the molecule is CNSc1ccccc1Nc1nc(Nc2cc(N3CCN(C(C)=O)CC3)ccc2OC)ncc1Br. The summed E-state index contributed by atoms with van der Waals surface area (Å²) in [5.41, 5.74) is 2.74. The van der Waals surface area contributed by atoms with Crippen LogP contribution in [0.25, 0.3) is 0 Å². The Balaban J connectivity index is 1.55. The fourth-order valence-corrected chi connectivity index (χ4v) is 4.69. The van der Waals surface area contributed by atoms with Gasteiger partial charge in [0.05, 0.1) is 23.0 Å². The van der Waals surface area contributed by atoms with Crippen molar-refractivity contribution in [2.45, 2.75) is 11.8 Å². The highest BCUT2D eigenvalue weighted by Crippen LogP contribution is 2.34. The number of carbonyl (C=O) groups is 1. The molecule has 0 bridgehead atoms. The summed E-state index contributed by atoms with van der Waals surface area (Å²) in [7, 11) is 3.52. The number of benzene rings is 2. The Kier molecular flexibility index (Phi) is 8.32. The second-order valence-corrected chi connectivity index (χ2v) is 9.73. The molecule has 0 radical (unpaired) electrons. The van der Waals surface area contributed by atoms with E-state index in [0.29, 0.717) is 30.6 Å². The van der Waals surface area contributed by atoms with E-state index in [-0.39, 0.29) is 5.91 Å². The minimum atomic E-state index is 0.116. The average molecular weight is 559 g/mol. The van der Waals surface area contributed by atoms with Gasteiger partial charge >= 0.3 is 0 Å². The van der Waals surface area contributed by atoms with Crippen molar-refractivity contribution in [1.82, 2.24) is 19.6 Å². The number of carbonyl (C=O) groups excluding carboxylic acids is 1. The third-order valence-electron chi connectivity index (χ3n) is 5.62. The second kappa shape index (κ2) is 11.6. The van der Waals surface area contributed by atoms with E-state index in [2.05, 4.69) is 46.2 Å². The molecular formula is C24H28BrN7O2S. The number of halogens is 1. The van der Waals surface area contributed by atoms with Crippen LogP contribution in [0.15, 0.2) is 58.0 Å². The Morgan fingerprint density at radius 2 is 1.86 bits per heavy atom. The maximum atomic E-state index is 11.7. The van der Waals surface area contributed by atoms with E-state index in [1.165, 1.54) is 11.9 Å². The molecule has 4 rings (SSSR count). The minimum Gasteiger partial charge on any atom is -0.495 e. The monoisotopic (exact) mass is 557 g/mol. The molecule has 184 valence electrons. The lowest BCUT2D eigenvalue weighted by atomic mass is 10.2. The lowest BCUT2D eigenvalue weighted by molar-refractivity contribution is -0.129. The maximum Gasteiger partial charge on any atom is 0.229 e. The van der Waals surface area contributed by atoms with E-state index in [4.69, 9.17) is 4.74 Å². The van der Waals surface area contributed by atoms with Gasteiger partial charge in [0.1, 0.15) is 11.6 Å². The molecule has 1 aliphatic rings. The van der Waals surface area contributed by atoms with Gasteiger partial charge in [0, 0.05) is 49.9 Å². The first kappa shape index (κ1) is 25.1. The third kappa shape index (κ3) is 6.16. The van der Waals surface area contributed by atoms with Gasteiger partial charge in [0.25, 0.3) is 0 Å². The summed E-state index contributed by atoms with van der Waals surface area (Å²) < 4.78 is 9.43. The summed E-state index contributed by atoms with van der Waals surface area (Å²) in [5.74, 6) is 1.88. The molecular weight excluding hydrogens is 530 g/mol. The molecule has 1 fully saturated rings. The number of nitrogens with zero attached hydrogens (tertiary/aromatic N) is 4. The summed E-state index contributed by atoms with van der Waals surface area (Å²) in [4.78, 5) is 26.0. The average Bonchev–Trinajstić information content (AvgIpc) is 2.87. The van der Waals surface area contributed by atoms with E-state index in [9.17, 15) is 4.79 Å². The van der Waals surface area contributed by atoms with Crippen molar-refractivity contribution in [3.8, 4) is 5.75 Å². The lowest BCUT2D eigenvalue weighted by Gasteiger charge is -2.35. The summed E-state index contributed by atoms with van der Waals surface area (Å²) in [6.45, 7) is 4.59. The molecule has 0 unspecified atom stereocenters. The Bertz CT molecular complexity index is 1190. The normalized spacial score (nSPS) is 13.5. The van der Waals surface area contributed by atoms with E-state index in [1.54, 1.807) is 20.2 Å². The molecule has 2 aromatic carbocycles. The van der Waals surface area contributed by atoms with Crippen molar-refractivity contribution >= 4 is 62.6 Å². The van der Waals surface area contributed by atoms with Crippen molar-refractivity contribution < 1.29 is 9.53 Å². The fourth-order valence-electron chi connectivity index (χ4n) is 3.80. The van der Waals surface area contributed by atoms with Gasteiger partial charge in [-0.1, -0.05) is 12.1 Å². The summed E-state index contributed by atoms with van der Waals surface area (Å²) in [6.07, 6.45) is 1.71. The Labute approximate surface area is 217 Å². The van der Waals surface area contributed by atoms with E-state index < -0.39 is 0 Å². The molecule has 1 aliphatic heterocycles. The Morgan fingerprint density at radius 1 is 1.09 bits per heavy atom. The molecule has 1 aromatic heterocycles. The topological polar surface area (TPSA) is 94.7 Å². The van der Waals surface area contributed by atoms with Crippen molar-refractivity contribution in [3.63, 3.8) is 0 Å². The van der Waals surface area contributed by atoms with Gasteiger partial charge in [-0.2, -0.15) is 4.98 Å². The number of methoxy groups -OCH3 is 1. The van der Waals surface area contributed by atoms with E-state index >= 15 is 0 Å². The molecule has 0 saturated carbocycles. The molecule has 0 aliphatic carbocycles. The van der Waals surface area contributed by atoms with E-state index in [1.807, 2.05) is 54.4 Å². The maximum absolute atomic E-state index is 11.7. The number of aromatic nitrogens is 2. The highest BCUT2D eigenvalue weighted by atomic mass is 79.9. The number of rotatable bonds is 8. The number of para-hydroxylation sites is 1. The summed E-state index contributed by atoms with van der Waals surface area (Å²) in [5, 5.41) is 6.69. The van der Waals surface area contributed by atoms with Crippen LogP contribution < -0.4 is 25.0 Å². The number of amides is 1. The van der Waals surface area contributed by atoms with Crippen LogP contribution in [-0.2, 0) is 4.79 Å². The Hall–Kier alpha value is -3.02. The van der Waals surface area contributed by atoms with Crippen molar-refractivity contribution in [2.75, 3.05) is 55.9 Å². The smallest absolute Gasteiger partial charge is 0.229 e. The zero-order chi connectivity index (χ0) is 24.8. The molecule has 3 aromatic rings. The van der Waals surface area contributed by atoms with Gasteiger partial charge in [0.15, 0.2) is 0 Å². The molecule has 0 atom stereocenters. The van der Waals surface area contributed by atoms with Gasteiger partial charge in [-0.3, -0.25) is 9.52 Å². The molecule has 3 N–H and O–H groups in total. The van der Waals surface area contributed by atoms with E-state index in [0.717, 1.165) is 39.5 Å². The quantitative estimate of drug-likeness (QED) is 0.342. The largest absolute Gasteiger partial charge is 0.495 e. The predicted octanol–water partition coefficient (Wildman–Crippen LogP) is 4.63. The zero-order valence-corrected chi connectivity index (χ0v) is 22.2. The number of hydrogen-bond acceptors (Lipinski definition) is 9. The summed E-state index contributed by atoms with van der Waals surface area (Å²) >= 11 is 5.07. The van der Waals surface area contributed by atoms with Gasteiger partial charge < -0.3 is 25.2 Å². The molecule has 1 saturated heterocycles. The number of nitrogens with one attached hydrogen (secondary N) is 3. The predicted molar refractivity (Wildman–Crippen MR) is 145 cm³/mol. The molecule has 11 heteroatoms. The van der Waals surface area contributed by atoms with Crippen LogP contribution >= 0.6 is 27.9 Å². The fraction of sp³-hybridized carbons (Fsp3) is 0.292. The first-order valence-corrected chi connectivity index (χ1v) is 12.8. The zero-order valence-electron chi connectivity index (χ0n) is 19.8. The number of hydrogen-bond donors (Lipinski definition) is 3. The minimum absolute atomic E-state index is 0.116. The summed E-state index contributed by atoms with van der Waals surface area (Å²) in [6, 6.07) is 14.0. The van der Waals surface area contributed by atoms with Gasteiger partial charge in [-0.25, -0.2) is 4.98 Å². The van der Waals surface area contributed by atoms with Gasteiger partial charge in [0.2, 0.25) is 11.9 Å². The highest BCUT2D eigenvalue weighted by molar-refractivity contribution is 9.10. The van der Waals surface area contributed by atoms with Crippen LogP contribution in [-0.4, -0.2) is 61.1 Å². The van der Waals surface area contributed by atoms with Crippen LogP contribution in [0.4, 0.5) is 28.8 Å². The van der Waals surface area contributed by atoms with Crippen molar-refractivity contribution in [2.24, 2.45) is 0 Å². The van der Waals surface area contributed by atoms with Crippen LogP contribution in [0.1, 0.15) is 6.92 Å². The number of piperazine rings is 1.